The Balaban J connectivity index is 2.17. The van der Waals surface area contributed by atoms with Gasteiger partial charge in [0.15, 0.2) is 5.69 Å². The van der Waals surface area contributed by atoms with Crippen LogP contribution in [0.3, 0.4) is 0 Å². The molecule has 1 atom stereocenters. The smallest absolute Gasteiger partial charge is 0.355 e. The summed E-state index contributed by atoms with van der Waals surface area (Å²) in [7, 11) is 1.64. The van der Waals surface area contributed by atoms with Gasteiger partial charge in [-0.2, -0.15) is 0 Å². The molecule has 1 aromatic heterocycles. The number of nitrogens with zero attached hydrogens (tertiary/aromatic N) is 1. The van der Waals surface area contributed by atoms with Crippen LogP contribution in [0.1, 0.15) is 34.4 Å². The highest BCUT2D eigenvalue weighted by atomic mass is 32.1. The zero-order valence-electron chi connectivity index (χ0n) is 7.77. The standard InChI is InChI=1S/C9H11NO3S/c1-13-7(5-2-3-5)8-10-6(4-14-8)9(11)12/h4-5,7H,2-3H2,1H3,(H,11,12). The van der Waals surface area contributed by atoms with Gasteiger partial charge < -0.3 is 9.84 Å². The fourth-order valence-electron chi connectivity index (χ4n) is 1.41. The summed E-state index contributed by atoms with van der Waals surface area (Å²) in [6.45, 7) is 0. The molecule has 0 spiro atoms. The molecule has 5 heteroatoms. The van der Waals surface area contributed by atoms with Crippen LogP contribution in [-0.4, -0.2) is 23.2 Å². The average molecular weight is 213 g/mol. The third-order valence-corrected chi connectivity index (χ3v) is 3.19. The molecule has 0 aliphatic heterocycles. The fraction of sp³-hybridized carbons (Fsp3) is 0.556. The van der Waals surface area contributed by atoms with Gasteiger partial charge in [0.25, 0.3) is 0 Å². The Morgan fingerprint density at radius 1 is 1.79 bits per heavy atom. The molecule has 0 bridgehead atoms. The molecule has 1 fully saturated rings. The van der Waals surface area contributed by atoms with Crippen LogP contribution in [0.4, 0.5) is 0 Å². The maximum Gasteiger partial charge on any atom is 0.355 e. The summed E-state index contributed by atoms with van der Waals surface area (Å²) in [5.41, 5.74) is 0.118. The molecule has 14 heavy (non-hydrogen) atoms. The molecule has 1 aliphatic carbocycles. The van der Waals surface area contributed by atoms with Crippen molar-refractivity contribution in [2.24, 2.45) is 5.92 Å². The van der Waals surface area contributed by atoms with Crippen LogP contribution in [0.25, 0.3) is 0 Å². The van der Waals surface area contributed by atoms with Gasteiger partial charge in [-0.25, -0.2) is 9.78 Å². The number of rotatable bonds is 4. The molecular weight excluding hydrogens is 202 g/mol. The van der Waals surface area contributed by atoms with Crippen LogP contribution in [-0.2, 0) is 4.74 Å². The second-order valence-electron chi connectivity index (χ2n) is 3.37. The van der Waals surface area contributed by atoms with E-state index < -0.39 is 5.97 Å². The largest absolute Gasteiger partial charge is 0.476 e. The molecule has 76 valence electrons. The molecule has 1 aromatic rings. The van der Waals surface area contributed by atoms with Gasteiger partial charge in [0.1, 0.15) is 11.1 Å². The van der Waals surface area contributed by atoms with Crippen LogP contribution in [0.15, 0.2) is 5.38 Å². The van der Waals surface area contributed by atoms with Crippen LogP contribution in [0.5, 0.6) is 0 Å². The van der Waals surface area contributed by atoms with Crippen molar-refractivity contribution in [3.05, 3.63) is 16.1 Å². The number of aromatic nitrogens is 1. The van der Waals surface area contributed by atoms with Crippen molar-refractivity contribution >= 4 is 17.3 Å². The highest BCUT2D eigenvalue weighted by molar-refractivity contribution is 7.09. The minimum atomic E-state index is -0.974. The Morgan fingerprint density at radius 3 is 2.93 bits per heavy atom. The first kappa shape index (κ1) is 9.61. The number of hydrogen-bond acceptors (Lipinski definition) is 4. The van der Waals surface area contributed by atoms with E-state index in [0.717, 1.165) is 17.8 Å². The van der Waals surface area contributed by atoms with E-state index in [0.29, 0.717) is 5.92 Å². The van der Waals surface area contributed by atoms with E-state index in [-0.39, 0.29) is 11.8 Å². The minimum absolute atomic E-state index is 0.00639. The molecule has 0 aromatic carbocycles. The van der Waals surface area contributed by atoms with E-state index in [1.165, 1.54) is 11.3 Å². The quantitative estimate of drug-likeness (QED) is 0.830. The monoisotopic (exact) mass is 213 g/mol. The van der Waals surface area contributed by atoms with Gasteiger partial charge in [-0.1, -0.05) is 0 Å². The summed E-state index contributed by atoms with van der Waals surface area (Å²) in [5, 5.41) is 11.1. The van der Waals surface area contributed by atoms with Crippen molar-refractivity contribution < 1.29 is 14.6 Å². The van der Waals surface area contributed by atoms with Gasteiger partial charge in [0.05, 0.1) is 0 Å². The Morgan fingerprint density at radius 2 is 2.50 bits per heavy atom. The summed E-state index contributed by atoms with van der Waals surface area (Å²) < 4.78 is 5.31. The second-order valence-corrected chi connectivity index (χ2v) is 4.26. The topological polar surface area (TPSA) is 59.4 Å². The summed E-state index contributed by atoms with van der Waals surface area (Å²) in [4.78, 5) is 14.7. The number of hydrogen-bond donors (Lipinski definition) is 1. The lowest BCUT2D eigenvalue weighted by Gasteiger charge is -2.09. The lowest BCUT2D eigenvalue weighted by Crippen LogP contribution is -2.04. The van der Waals surface area contributed by atoms with Crippen molar-refractivity contribution in [2.45, 2.75) is 18.9 Å². The predicted octanol–water partition coefficient (Wildman–Crippen LogP) is 1.94. The van der Waals surface area contributed by atoms with E-state index in [4.69, 9.17) is 9.84 Å². The van der Waals surface area contributed by atoms with E-state index in [2.05, 4.69) is 4.98 Å². The molecule has 1 unspecified atom stereocenters. The van der Waals surface area contributed by atoms with Gasteiger partial charge in [-0.05, 0) is 18.8 Å². The second kappa shape index (κ2) is 3.67. The maximum atomic E-state index is 10.6. The Bertz CT molecular complexity index is 346. The number of carboxylic acid groups (broad SMARTS) is 1. The van der Waals surface area contributed by atoms with Crippen LogP contribution >= 0.6 is 11.3 Å². The first-order valence-corrected chi connectivity index (χ1v) is 5.32. The lowest BCUT2D eigenvalue weighted by molar-refractivity contribution is 0.0686. The molecule has 4 nitrogen and oxygen atoms in total. The van der Waals surface area contributed by atoms with Gasteiger partial charge in [-0.3, -0.25) is 0 Å². The van der Waals surface area contributed by atoms with Crippen molar-refractivity contribution in [3.63, 3.8) is 0 Å². The van der Waals surface area contributed by atoms with Gasteiger partial charge in [-0.15, -0.1) is 11.3 Å². The predicted molar refractivity (Wildman–Crippen MR) is 51.5 cm³/mol. The molecule has 1 saturated carbocycles. The third-order valence-electron chi connectivity index (χ3n) is 2.29. The molecule has 2 rings (SSSR count). The highest BCUT2D eigenvalue weighted by Crippen LogP contribution is 2.43. The molecule has 0 amide bonds. The lowest BCUT2D eigenvalue weighted by atomic mass is 10.2. The fourth-order valence-corrected chi connectivity index (χ4v) is 2.37. The van der Waals surface area contributed by atoms with E-state index >= 15 is 0 Å². The SMILES string of the molecule is COC(c1nc(C(=O)O)cs1)C1CC1. The molecule has 1 N–H and O–H groups in total. The number of thiazole rings is 1. The number of carboxylic acids is 1. The molecule has 0 saturated heterocycles. The van der Waals surface area contributed by atoms with Gasteiger partial charge >= 0.3 is 5.97 Å². The van der Waals surface area contributed by atoms with E-state index in [1.54, 1.807) is 12.5 Å². The van der Waals surface area contributed by atoms with Gasteiger partial charge in [0.2, 0.25) is 0 Å². The maximum absolute atomic E-state index is 10.6. The summed E-state index contributed by atoms with van der Waals surface area (Å²) in [6, 6.07) is 0. The minimum Gasteiger partial charge on any atom is -0.476 e. The van der Waals surface area contributed by atoms with Gasteiger partial charge in [0, 0.05) is 12.5 Å². The Kier molecular flexibility index (Phi) is 2.52. The van der Waals surface area contributed by atoms with Crippen LogP contribution in [0.2, 0.25) is 0 Å². The molecular formula is C9H11NO3S. The molecule has 0 radical (unpaired) electrons. The number of methoxy groups -OCH3 is 1. The van der Waals surface area contributed by atoms with Crippen molar-refractivity contribution in [2.75, 3.05) is 7.11 Å². The zero-order valence-corrected chi connectivity index (χ0v) is 8.58. The van der Waals surface area contributed by atoms with Crippen molar-refractivity contribution in [1.29, 1.82) is 0 Å². The summed E-state index contributed by atoms with van der Waals surface area (Å²) in [6.07, 6.45) is 2.30. The van der Waals surface area contributed by atoms with Crippen molar-refractivity contribution in [1.82, 2.24) is 4.98 Å². The molecule has 1 heterocycles. The van der Waals surface area contributed by atoms with Crippen LogP contribution in [0, 0.1) is 5.92 Å². The summed E-state index contributed by atoms with van der Waals surface area (Å²) in [5.74, 6) is -0.439. The first-order valence-electron chi connectivity index (χ1n) is 4.44. The number of carbonyl (C=O) groups is 1. The molecule has 1 aliphatic rings. The Hall–Kier alpha value is -0.940. The number of ether oxygens (including phenoxy) is 1. The average Bonchev–Trinajstić information content (AvgIpc) is 2.84. The van der Waals surface area contributed by atoms with E-state index in [9.17, 15) is 4.79 Å². The van der Waals surface area contributed by atoms with E-state index in [1.807, 2.05) is 0 Å². The third kappa shape index (κ3) is 1.78. The van der Waals surface area contributed by atoms with Crippen LogP contribution < -0.4 is 0 Å². The summed E-state index contributed by atoms with van der Waals surface area (Å²) >= 11 is 1.36. The zero-order chi connectivity index (χ0) is 10.1. The Labute approximate surface area is 85.5 Å². The number of aromatic carboxylic acids is 1. The van der Waals surface area contributed by atoms with Crippen molar-refractivity contribution in [3.8, 4) is 0 Å². The first-order chi connectivity index (χ1) is 6.72. The highest BCUT2D eigenvalue weighted by Gasteiger charge is 2.34. The normalized spacial score (nSPS) is 18.1.